The zero-order valence-corrected chi connectivity index (χ0v) is 19.8. The van der Waals surface area contributed by atoms with E-state index in [-0.39, 0.29) is 17.5 Å². The number of rotatable bonds is 6. The van der Waals surface area contributed by atoms with Gasteiger partial charge in [-0.2, -0.15) is 5.10 Å². The predicted octanol–water partition coefficient (Wildman–Crippen LogP) is 3.71. The fourth-order valence-electron chi connectivity index (χ4n) is 4.51. The third kappa shape index (κ3) is 3.61. The summed E-state index contributed by atoms with van der Waals surface area (Å²) >= 11 is 0. The van der Waals surface area contributed by atoms with Gasteiger partial charge in [-0.05, 0) is 38.0 Å². The molecular formula is C25H28N4O5. The molecule has 34 heavy (non-hydrogen) atoms. The normalized spacial score (nSPS) is 14.9. The third-order valence-corrected chi connectivity index (χ3v) is 6.25. The molecule has 1 N–H and O–H groups in total. The maximum absolute atomic E-state index is 13.4. The van der Waals surface area contributed by atoms with Crippen molar-refractivity contribution in [3.8, 4) is 11.5 Å². The highest BCUT2D eigenvalue weighted by Crippen LogP contribution is 2.32. The Labute approximate surface area is 196 Å². The Morgan fingerprint density at radius 1 is 1.12 bits per heavy atom. The highest BCUT2D eigenvalue weighted by molar-refractivity contribution is 5.84. The van der Waals surface area contributed by atoms with Crippen LogP contribution in [-0.2, 0) is 11.2 Å². The Morgan fingerprint density at radius 2 is 1.88 bits per heavy atom. The highest BCUT2D eigenvalue weighted by atomic mass is 16.6. The van der Waals surface area contributed by atoms with Gasteiger partial charge in [0.2, 0.25) is 5.91 Å². The van der Waals surface area contributed by atoms with Crippen LogP contribution in [0.3, 0.4) is 0 Å². The number of ether oxygens (including phenoxy) is 2. The maximum Gasteiger partial charge on any atom is 0.291 e. The third-order valence-electron chi connectivity index (χ3n) is 6.25. The summed E-state index contributed by atoms with van der Waals surface area (Å²) in [5.41, 5.74) is 2.46. The van der Waals surface area contributed by atoms with Gasteiger partial charge in [0.1, 0.15) is 36.4 Å². The molecule has 9 heteroatoms. The molecule has 0 fully saturated rings. The first-order chi connectivity index (χ1) is 16.4. The van der Waals surface area contributed by atoms with Crippen LogP contribution in [0.4, 0.5) is 0 Å². The fraction of sp³-hybridized carbons (Fsp3) is 0.400. The van der Waals surface area contributed by atoms with Gasteiger partial charge in [0.05, 0.1) is 11.6 Å². The van der Waals surface area contributed by atoms with Gasteiger partial charge < -0.3 is 19.2 Å². The molecular weight excluding hydrogens is 436 g/mol. The van der Waals surface area contributed by atoms with Crippen molar-refractivity contribution in [1.29, 1.82) is 0 Å². The number of hydrogen-bond acceptors (Lipinski definition) is 6. The molecule has 2 atom stereocenters. The highest BCUT2D eigenvalue weighted by Gasteiger charge is 2.26. The number of aryl methyl sites for hydroxylation is 2. The Hall–Kier alpha value is -3.75. The van der Waals surface area contributed by atoms with Gasteiger partial charge in [0.15, 0.2) is 17.1 Å². The van der Waals surface area contributed by atoms with E-state index in [1.807, 2.05) is 56.4 Å². The molecule has 0 saturated heterocycles. The van der Waals surface area contributed by atoms with Crippen LogP contribution < -0.4 is 20.3 Å². The van der Waals surface area contributed by atoms with E-state index in [1.165, 1.54) is 4.68 Å². The van der Waals surface area contributed by atoms with Crippen molar-refractivity contribution in [3.05, 3.63) is 57.8 Å². The van der Waals surface area contributed by atoms with Crippen LogP contribution in [0.1, 0.15) is 56.4 Å². The number of amides is 1. The van der Waals surface area contributed by atoms with E-state index < -0.39 is 6.04 Å². The number of carbonyl (C=O) groups is 1. The van der Waals surface area contributed by atoms with Gasteiger partial charge in [-0.25, -0.2) is 4.68 Å². The number of carbonyl (C=O) groups excluding carboxylic acids is 1. The molecule has 1 aromatic carbocycles. The summed E-state index contributed by atoms with van der Waals surface area (Å²) in [6.45, 7) is 8.63. The van der Waals surface area contributed by atoms with E-state index in [1.54, 1.807) is 6.07 Å². The monoisotopic (exact) mass is 464 g/mol. The van der Waals surface area contributed by atoms with E-state index in [2.05, 4.69) is 10.4 Å². The van der Waals surface area contributed by atoms with Gasteiger partial charge in [-0.15, -0.1) is 0 Å². The number of nitrogens with one attached hydrogen (secondary N) is 1. The zero-order valence-electron chi connectivity index (χ0n) is 19.8. The SMILES string of the molecule is CCc1nn(C(CC)C(=O)NC(C)c2ccc3c(c2)OCCO3)c(=O)c2cc3oc(C)cc3n12. The van der Waals surface area contributed by atoms with Gasteiger partial charge >= 0.3 is 0 Å². The van der Waals surface area contributed by atoms with Crippen molar-refractivity contribution in [2.45, 2.75) is 52.6 Å². The Morgan fingerprint density at radius 3 is 2.62 bits per heavy atom. The Balaban J connectivity index is 1.47. The van der Waals surface area contributed by atoms with E-state index in [9.17, 15) is 9.59 Å². The summed E-state index contributed by atoms with van der Waals surface area (Å²) in [7, 11) is 0. The number of fused-ring (bicyclic) bond motifs is 4. The van der Waals surface area contributed by atoms with Gasteiger partial charge in [-0.1, -0.05) is 19.9 Å². The lowest BCUT2D eigenvalue weighted by Gasteiger charge is -2.23. The smallest absolute Gasteiger partial charge is 0.291 e. The lowest BCUT2D eigenvalue weighted by atomic mass is 10.1. The van der Waals surface area contributed by atoms with Crippen LogP contribution in [-0.4, -0.2) is 33.3 Å². The quantitative estimate of drug-likeness (QED) is 0.467. The number of nitrogens with zero attached hydrogens (tertiary/aromatic N) is 3. The molecule has 1 amide bonds. The average Bonchev–Trinajstić information content (AvgIpc) is 3.37. The van der Waals surface area contributed by atoms with E-state index >= 15 is 0 Å². The summed E-state index contributed by atoms with van der Waals surface area (Å²) in [6, 6.07) is 8.22. The first-order valence-corrected chi connectivity index (χ1v) is 11.6. The number of aromatic nitrogens is 3. The molecule has 5 rings (SSSR count). The molecule has 0 spiro atoms. The van der Waals surface area contributed by atoms with E-state index in [4.69, 9.17) is 13.9 Å². The second kappa shape index (κ2) is 8.55. The van der Waals surface area contributed by atoms with Gasteiger partial charge in [0.25, 0.3) is 5.56 Å². The van der Waals surface area contributed by atoms with Crippen molar-refractivity contribution >= 4 is 22.5 Å². The predicted molar refractivity (Wildman–Crippen MR) is 127 cm³/mol. The molecule has 178 valence electrons. The molecule has 0 saturated carbocycles. The largest absolute Gasteiger partial charge is 0.486 e. The van der Waals surface area contributed by atoms with Crippen LogP contribution in [0.5, 0.6) is 11.5 Å². The molecule has 3 aromatic heterocycles. The van der Waals surface area contributed by atoms with Crippen molar-refractivity contribution in [1.82, 2.24) is 19.5 Å². The minimum absolute atomic E-state index is 0.267. The molecule has 9 nitrogen and oxygen atoms in total. The molecule has 1 aliphatic heterocycles. The molecule has 0 bridgehead atoms. The average molecular weight is 465 g/mol. The summed E-state index contributed by atoms with van der Waals surface area (Å²) in [5, 5.41) is 7.64. The Bertz CT molecular complexity index is 1450. The van der Waals surface area contributed by atoms with Crippen LogP contribution in [0.25, 0.3) is 16.6 Å². The summed E-state index contributed by atoms with van der Waals surface area (Å²) in [4.78, 5) is 26.7. The van der Waals surface area contributed by atoms with E-state index in [0.717, 1.165) is 16.8 Å². The molecule has 4 aromatic rings. The van der Waals surface area contributed by atoms with Crippen molar-refractivity contribution in [3.63, 3.8) is 0 Å². The molecule has 1 aliphatic rings. The molecule has 4 heterocycles. The van der Waals surface area contributed by atoms with E-state index in [0.29, 0.717) is 54.5 Å². The zero-order chi connectivity index (χ0) is 24.0. The summed E-state index contributed by atoms with van der Waals surface area (Å²) < 4.78 is 20.1. The van der Waals surface area contributed by atoms with Crippen LogP contribution in [0, 0.1) is 6.92 Å². The lowest BCUT2D eigenvalue weighted by Crippen LogP contribution is -2.40. The number of benzene rings is 1. The number of hydrogen-bond donors (Lipinski definition) is 1. The van der Waals surface area contributed by atoms with Crippen molar-refractivity contribution < 1.29 is 18.7 Å². The maximum atomic E-state index is 13.4. The number of furan rings is 1. The van der Waals surface area contributed by atoms with Crippen molar-refractivity contribution in [2.75, 3.05) is 13.2 Å². The van der Waals surface area contributed by atoms with Gasteiger partial charge in [-0.3, -0.25) is 14.0 Å². The van der Waals surface area contributed by atoms with Crippen LogP contribution in [0.15, 0.2) is 39.5 Å². The fourth-order valence-corrected chi connectivity index (χ4v) is 4.51. The lowest BCUT2D eigenvalue weighted by molar-refractivity contribution is -0.125. The minimum atomic E-state index is -0.745. The minimum Gasteiger partial charge on any atom is -0.486 e. The molecule has 0 aliphatic carbocycles. The Kier molecular flexibility index (Phi) is 5.55. The van der Waals surface area contributed by atoms with Crippen molar-refractivity contribution in [2.24, 2.45) is 0 Å². The molecule has 2 unspecified atom stereocenters. The second-order valence-corrected chi connectivity index (χ2v) is 8.55. The second-order valence-electron chi connectivity index (χ2n) is 8.55. The van der Waals surface area contributed by atoms with Gasteiger partial charge in [0, 0.05) is 18.6 Å². The summed E-state index contributed by atoms with van der Waals surface area (Å²) in [6.07, 6.45) is 1.01. The van der Waals surface area contributed by atoms with Crippen LogP contribution in [0.2, 0.25) is 0 Å². The first-order valence-electron chi connectivity index (χ1n) is 11.6. The molecule has 0 radical (unpaired) electrons. The summed E-state index contributed by atoms with van der Waals surface area (Å²) in [5.74, 6) is 2.56. The topological polar surface area (TPSA) is 100 Å². The van der Waals surface area contributed by atoms with Crippen LogP contribution >= 0.6 is 0 Å². The standard InChI is InChI=1S/C25H28N4O5/c1-5-17(24(30)26-15(4)16-7-8-20-22(12-16)33-10-9-32-20)29-25(31)19-13-21-18(11-14(3)34-21)28(19)23(6-2)27-29/h7-8,11-13,15,17H,5-6,9-10H2,1-4H3,(H,26,30). The first kappa shape index (κ1) is 22.1.